The Morgan fingerprint density at radius 2 is 1.72 bits per heavy atom. The van der Waals surface area contributed by atoms with E-state index in [4.69, 9.17) is 0 Å². The van der Waals surface area contributed by atoms with E-state index < -0.39 is 29.7 Å². The molecule has 0 amide bonds. The lowest BCUT2D eigenvalue weighted by Gasteiger charge is -2.16. The molecule has 0 radical (unpaired) electrons. The normalized spacial score (nSPS) is 15.2. The Labute approximate surface area is 107 Å². The lowest BCUT2D eigenvalue weighted by atomic mass is 10.0. The van der Waals surface area contributed by atoms with Crippen LogP contribution in [0.4, 0.5) is 13.2 Å². The Balaban J connectivity index is 2.90. The number of aliphatic hydroxyl groups excluding tert-OH is 2. The first-order valence-corrected chi connectivity index (χ1v) is 5.59. The zero-order valence-corrected chi connectivity index (χ0v) is 9.95. The van der Waals surface area contributed by atoms with Gasteiger partial charge in [0.15, 0.2) is 0 Å². The second-order valence-electron chi connectivity index (χ2n) is 3.64. The Kier molecular flexibility index (Phi) is 4.78. The van der Waals surface area contributed by atoms with Crippen LogP contribution in [0.3, 0.4) is 0 Å². The van der Waals surface area contributed by atoms with Gasteiger partial charge in [-0.15, -0.1) is 0 Å². The summed E-state index contributed by atoms with van der Waals surface area (Å²) in [4.78, 5) is 10.9. The number of rotatable bonds is 4. The van der Waals surface area contributed by atoms with Crippen LogP contribution in [0.1, 0.15) is 22.0 Å². The van der Waals surface area contributed by atoms with Crippen molar-refractivity contribution in [3.63, 3.8) is 0 Å². The maximum Gasteiger partial charge on any atom is 0.454 e. The molecule has 0 aliphatic rings. The molecule has 1 aromatic rings. The van der Waals surface area contributed by atoms with Gasteiger partial charge in [-0.2, -0.15) is 25.8 Å². The highest BCUT2D eigenvalue weighted by Crippen LogP contribution is 2.23. The molecular weight excluding hydrogens is 269 g/mol. The van der Waals surface area contributed by atoms with Gasteiger partial charge in [-0.1, -0.05) is 24.3 Å². The highest BCUT2D eigenvalue weighted by atomic mass is 32.1. The Hall–Kier alpha value is -1.05. The number of Topliss-reactive ketones (excluding diaryl/α,β-unsaturated/α-hetero) is 1. The molecule has 1 aromatic carbocycles. The Morgan fingerprint density at radius 1 is 1.22 bits per heavy atom. The lowest BCUT2D eigenvalue weighted by Crippen LogP contribution is -2.23. The first kappa shape index (κ1) is 15.0. The van der Waals surface area contributed by atoms with Crippen LogP contribution >= 0.6 is 12.6 Å². The molecule has 3 nitrogen and oxygen atoms in total. The van der Waals surface area contributed by atoms with Crippen molar-refractivity contribution in [2.75, 3.05) is 5.75 Å². The molecule has 0 aliphatic carbocycles. The zero-order valence-electron chi connectivity index (χ0n) is 9.05. The van der Waals surface area contributed by atoms with Gasteiger partial charge in [-0.25, -0.2) is 0 Å². The fourth-order valence-corrected chi connectivity index (χ4v) is 1.52. The van der Waals surface area contributed by atoms with Crippen molar-refractivity contribution in [1.82, 2.24) is 0 Å². The van der Waals surface area contributed by atoms with Crippen molar-refractivity contribution in [1.29, 1.82) is 0 Å². The summed E-state index contributed by atoms with van der Waals surface area (Å²) in [6, 6.07) is 4.24. The van der Waals surface area contributed by atoms with Crippen molar-refractivity contribution in [3.8, 4) is 0 Å². The van der Waals surface area contributed by atoms with Gasteiger partial charge in [0, 0.05) is 11.3 Å². The van der Waals surface area contributed by atoms with Crippen LogP contribution in [0, 0.1) is 0 Å². The molecule has 7 heteroatoms. The fraction of sp³-hybridized carbons (Fsp3) is 0.364. The van der Waals surface area contributed by atoms with E-state index in [9.17, 15) is 28.2 Å². The smallest absolute Gasteiger partial charge is 0.389 e. The lowest BCUT2D eigenvalue weighted by molar-refractivity contribution is -0.0885. The van der Waals surface area contributed by atoms with Crippen LogP contribution in [0.5, 0.6) is 0 Å². The molecule has 0 saturated heterocycles. The first-order valence-electron chi connectivity index (χ1n) is 4.96. The molecule has 18 heavy (non-hydrogen) atoms. The van der Waals surface area contributed by atoms with Crippen molar-refractivity contribution < 1.29 is 28.2 Å². The Morgan fingerprint density at radius 3 is 2.11 bits per heavy atom. The molecule has 0 heterocycles. The number of thiol groups is 1. The molecule has 0 saturated carbocycles. The summed E-state index contributed by atoms with van der Waals surface area (Å²) in [6.45, 7) is 0. The number of alkyl halides is 3. The summed E-state index contributed by atoms with van der Waals surface area (Å²) < 4.78 is 36.4. The summed E-state index contributed by atoms with van der Waals surface area (Å²) in [5.74, 6) is -1.94. The first-order chi connectivity index (χ1) is 8.27. The minimum Gasteiger partial charge on any atom is -0.389 e. The van der Waals surface area contributed by atoms with E-state index in [0.29, 0.717) is 0 Å². The Bertz CT molecular complexity index is 417. The van der Waals surface area contributed by atoms with Crippen LogP contribution in [0.15, 0.2) is 24.3 Å². The number of ketones is 1. The van der Waals surface area contributed by atoms with E-state index in [1.165, 1.54) is 0 Å². The number of carbonyl (C=O) groups is 1. The van der Waals surface area contributed by atoms with Gasteiger partial charge in [0.05, 0.1) is 6.10 Å². The standard InChI is InChI=1S/C11H11F3O3S/c12-11(13,14)10(17)7-3-1-6(2-4-7)9(16)8(15)5-18/h1-4,8-9,15-16,18H,5H2. The van der Waals surface area contributed by atoms with Crippen LogP contribution in [0.25, 0.3) is 0 Å². The SMILES string of the molecule is O=C(c1ccc(C(O)C(O)CS)cc1)C(F)(F)F. The van der Waals surface area contributed by atoms with Gasteiger partial charge in [-0.05, 0) is 5.56 Å². The summed E-state index contributed by atoms with van der Waals surface area (Å²) in [5, 5.41) is 18.9. The van der Waals surface area contributed by atoms with E-state index in [1.54, 1.807) is 0 Å². The number of benzene rings is 1. The third-order valence-electron chi connectivity index (χ3n) is 2.32. The highest BCUT2D eigenvalue weighted by molar-refractivity contribution is 7.80. The number of hydrogen-bond acceptors (Lipinski definition) is 4. The number of carbonyl (C=O) groups excluding carboxylic acids is 1. The number of aliphatic hydroxyl groups is 2. The van der Waals surface area contributed by atoms with E-state index in [0.717, 1.165) is 24.3 Å². The zero-order chi connectivity index (χ0) is 13.9. The maximum atomic E-state index is 12.1. The third-order valence-corrected chi connectivity index (χ3v) is 2.70. The summed E-state index contributed by atoms with van der Waals surface area (Å²) in [5.41, 5.74) is -0.297. The third kappa shape index (κ3) is 3.47. The summed E-state index contributed by atoms with van der Waals surface area (Å²) >= 11 is 3.78. The molecular formula is C11H11F3O3S. The van der Waals surface area contributed by atoms with Crippen LogP contribution in [-0.2, 0) is 0 Å². The minimum absolute atomic E-state index is 0.00436. The van der Waals surface area contributed by atoms with Crippen molar-refractivity contribution in [3.05, 3.63) is 35.4 Å². The van der Waals surface area contributed by atoms with Gasteiger partial charge < -0.3 is 10.2 Å². The molecule has 2 unspecified atom stereocenters. The predicted octanol–water partition coefficient (Wildman–Crippen LogP) is 1.76. The van der Waals surface area contributed by atoms with Crippen molar-refractivity contribution in [2.24, 2.45) is 0 Å². The van der Waals surface area contributed by atoms with Gasteiger partial charge in [0.25, 0.3) is 5.78 Å². The molecule has 2 N–H and O–H groups in total. The summed E-state index contributed by atoms with van der Waals surface area (Å²) in [7, 11) is 0. The van der Waals surface area contributed by atoms with Gasteiger partial charge >= 0.3 is 6.18 Å². The van der Waals surface area contributed by atoms with Crippen molar-refractivity contribution in [2.45, 2.75) is 18.4 Å². The monoisotopic (exact) mass is 280 g/mol. The van der Waals surface area contributed by atoms with E-state index >= 15 is 0 Å². The molecule has 0 spiro atoms. The minimum atomic E-state index is -4.93. The largest absolute Gasteiger partial charge is 0.454 e. The second-order valence-corrected chi connectivity index (χ2v) is 4.01. The van der Waals surface area contributed by atoms with Crippen LogP contribution < -0.4 is 0 Å². The average molecular weight is 280 g/mol. The van der Waals surface area contributed by atoms with Crippen LogP contribution in [0.2, 0.25) is 0 Å². The number of hydrogen-bond donors (Lipinski definition) is 3. The molecule has 0 fully saturated rings. The summed E-state index contributed by atoms with van der Waals surface area (Å²) in [6.07, 6.45) is -7.31. The van der Waals surface area contributed by atoms with Crippen molar-refractivity contribution >= 4 is 18.4 Å². The van der Waals surface area contributed by atoms with Gasteiger partial charge in [-0.3, -0.25) is 4.79 Å². The van der Waals surface area contributed by atoms with Gasteiger partial charge in [0.1, 0.15) is 6.10 Å². The topological polar surface area (TPSA) is 57.5 Å². The average Bonchev–Trinajstić information content (AvgIpc) is 2.35. The second kappa shape index (κ2) is 5.73. The molecule has 0 bridgehead atoms. The molecule has 0 aliphatic heterocycles. The van der Waals surface area contributed by atoms with E-state index in [-0.39, 0.29) is 11.3 Å². The maximum absolute atomic E-state index is 12.1. The fourth-order valence-electron chi connectivity index (χ4n) is 1.32. The van der Waals surface area contributed by atoms with E-state index in [1.807, 2.05) is 0 Å². The molecule has 2 atom stereocenters. The number of halogens is 3. The predicted molar refractivity (Wildman–Crippen MR) is 61.6 cm³/mol. The molecule has 0 aromatic heterocycles. The molecule has 1 rings (SSSR count). The quantitative estimate of drug-likeness (QED) is 0.582. The van der Waals surface area contributed by atoms with Gasteiger partial charge in [0.2, 0.25) is 0 Å². The van der Waals surface area contributed by atoms with E-state index in [2.05, 4.69) is 12.6 Å². The van der Waals surface area contributed by atoms with Crippen LogP contribution in [-0.4, -0.2) is 34.0 Å². The highest BCUT2D eigenvalue weighted by Gasteiger charge is 2.39. The molecule has 100 valence electrons.